The second-order valence-corrected chi connectivity index (χ2v) is 7.79. The molecule has 1 aromatic carbocycles. The summed E-state index contributed by atoms with van der Waals surface area (Å²) in [5.41, 5.74) is 2.79. The molecule has 1 fully saturated rings. The first-order chi connectivity index (χ1) is 11.9. The van der Waals surface area contributed by atoms with Crippen molar-refractivity contribution in [3.63, 3.8) is 0 Å². The summed E-state index contributed by atoms with van der Waals surface area (Å²) in [7, 11) is 0. The van der Waals surface area contributed by atoms with Crippen molar-refractivity contribution in [1.82, 2.24) is 0 Å². The topological polar surface area (TPSA) is 58.2 Å². The van der Waals surface area contributed by atoms with Gasteiger partial charge in [-0.15, -0.1) is 0 Å². The zero-order valence-electron chi connectivity index (χ0n) is 16.3. The monoisotopic (exact) mass is 344 g/mol. The van der Waals surface area contributed by atoms with Crippen molar-refractivity contribution in [2.24, 2.45) is 5.41 Å². The van der Waals surface area contributed by atoms with Crippen molar-refractivity contribution in [3.05, 3.63) is 43.9 Å². The highest BCUT2D eigenvalue weighted by Crippen LogP contribution is 2.33. The third-order valence-electron chi connectivity index (χ3n) is 5.01. The van der Waals surface area contributed by atoms with Gasteiger partial charge >= 0.3 is 0 Å². The molecule has 1 aromatic rings. The third kappa shape index (κ3) is 4.42. The first-order valence-electron chi connectivity index (χ1n) is 9.63. The van der Waals surface area contributed by atoms with Crippen LogP contribution in [0.4, 0.5) is 11.4 Å². The summed E-state index contributed by atoms with van der Waals surface area (Å²) in [4.78, 5) is 23.7. The van der Waals surface area contributed by atoms with Gasteiger partial charge in [0.15, 0.2) is 0 Å². The van der Waals surface area contributed by atoms with E-state index in [4.69, 9.17) is 0 Å². The minimum absolute atomic E-state index is 0.179. The Kier molecular flexibility index (Phi) is 6.26. The van der Waals surface area contributed by atoms with Gasteiger partial charge in [0.2, 0.25) is 0 Å². The van der Waals surface area contributed by atoms with Crippen LogP contribution < -0.4 is 21.5 Å². The highest BCUT2D eigenvalue weighted by molar-refractivity contribution is 5.76. The van der Waals surface area contributed by atoms with E-state index in [1.165, 1.54) is 18.4 Å². The van der Waals surface area contributed by atoms with Crippen molar-refractivity contribution in [2.75, 3.05) is 10.6 Å². The third-order valence-corrected chi connectivity index (χ3v) is 5.01. The van der Waals surface area contributed by atoms with Gasteiger partial charge in [0, 0.05) is 11.7 Å². The summed E-state index contributed by atoms with van der Waals surface area (Å²) in [6.07, 6.45) is 10.6. The lowest BCUT2D eigenvalue weighted by Crippen LogP contribution is -2.39. The minimum atomic E-state index is -0.392. The Morgan fingerprint density at radius 3 is 2.04 bits per heavy atom. The van der Waals surface area contributed by atoms with E-state index in [2.05, 4.69) is 37.5 Å². The fraction of sp³-hybridized carbons (Fsp3) is 0.619. The van der Waals surface area contributed by atoms with Crippen molar-refractivity contribution in [1.29, 1.82) is 0 Å². The number of allylic oxidation sites excluding steroid dienone is 4. The molecule has 0 atom stereocenters. The molecule has 0 unspecified atom stereocenters. The zero-order valence-corrected chi connectivity index (χ0v) is 16.3. The molecule has 0 spiro atoms. The summed E-state index contributed by atoms with van der Waals surface area (Å²) >= 11 is 0. The summed E-state index contributed by atoms with van der Waals surface area (Å²) in [6.45, 7) is 10.6. The van der Waals surface area contributed by atoms with Crippen LogP contribution in [0.15, 0.2) is 33.0 Å². The highest BCUT2D eigenvalue weighted by atomic mass is 16.2. The molecule has 4 nitrogen and oxygen atoms in total. The van der Waals surface area contributed by atoms with E-state index in [9.17, 15) is 9.59 Å². The lowest BCUT2D eigenvalue weighted by atomic mass is 9.81. The van der Waals surface area contributed by atoms with Crippen LogP contribution in [0.2, 0.25) is 0 Å². The molecule has 2 aliphatic carbocycles. The van der Waals surface area contributed by atoms with Crippen molar-refractivity contribution >= 4 is 11.4 Å². The summed E-state index contributed by atoms with van der Waals surface area (Å²) < 4.78 is 0. The van der Waals surface area contributed by atoms with Crippen molar-refractivity contribution in [3.8, 4) is 0 Å². The van der Waals surface area contributed by atoms with Gasteiger partial charge in [-0.05, 0) is 37.2 Å². The molecule has 25 heavy (non-hydrogen) atoms. The van der Waals surface area contributed by atoms with E-state index in [1.54, 1.807) is 0 Å². The second-order valence-electron chi connectivity index (χ2n) is 7.79. The molecule has 0 saturated heterocycles. The molecular weight excluding hydrogens is 312 g/mol. The Bertz CT molecular complexity index is 722. The van der Waals surface area contributed by atoms with Crippen LogP contribution in [-0.4, -0.2) is 6.04 Å². The lowest BCUT2D eigenvalue weighted by molar-refractivity contribution is 0.479. The van der Waals surface area contributed by atoms with Crippen LogP contribution in [0.25, 0.3) is 0 Å². The Morgan fingerprint density at radius 2 is 1.52 bits per heavy atom. The molecule has 2 N–H and O–H groups in total. The quantitative estimate of drug-likeness (QED) is 0.776. The molecule has 0 aliphatic heterocycles. The lowest BCUT2D eigenvalue weighted by Gasteiger charge is -2.27. The number of anilines is 2. The summed E-state index contributed by atoms with van der Waals surface area (Å²) in [6, 6.07) is 0.339. The number of hydrogen-bond acceptors (Lipinski definition) is 4. The van der Waals surface area contributed by atoms with E-state index >= 15 is 0 Å². The molecule has 1 saturated carbocycles. The maximum absolute atomic E-state index is 11.9. The van der Waals surface area contributed by atoms with E-state index in [0.29, 0.717) is 17.4 Å². The molecular formula is C21H32N2O2. The average molecular weight is 344 g/mol. The van der Waals surface area contributed by atoms with Crippen LogP contribution in [-0.2, 0) is 0 Å². The molecule has 0 radical (unpaired) electrons. The molecule has 4 heteroatoms. The van der Waals surface area contributed by atoms with E-state index in [-0.39, 0.29) is 10.8 Å². The maximum Gasteiger partial charge on any atom is 0.253 e. The zero-order chi connectivity index (χ0) is 18.6. The standard InChI is InChI=1S/C19H26N2O2.C2H6/c1-19(2,3)12-8-10-14(11-9-12)21-16-15(17(22)18(16)23)20-13-6-4-5-7-13;1-2/h8,10,13,20-21H,4-7,9,11H2,1-3H3;1-2H3. The molecule has 0 amide bonds. The number of hydrogen-bond donors (Lipinski definition) is 2. The van der Waals surface area contributed by atoms with Gasteiger partial charge in [-0.2, -0.15) is 0 Å². The summed E-state index contributed by atoms with van der Waals surface area (Å²) in [5.74, 6) is 0. The molecule has 2 aliphatic rings. The Balaban J connectivity index is 0.00000109. The fourth-order valence-electron chi connectivity index (χ4n) is 3.45. The highest BCUT2D eigenvalue weighted by Gasteiger charge is 2.26. The molecule has 0 aromatic heterocycles. The molecule has 138 valence electrons. The van der Waals surface area contributed by atoms with Crippen molar-refractivity contribution in [2.45, 2.75) is 79.2 Å². The van der Waals surface area contributed by atoms with Gasteiger partial charge in [-0.3, -0.25) is 9.59 Å². The van der Waals surface area contributed by atoms with Gasteiger partial charge in [-0.1, -0.05) is 59.1 Å². The normalized spacial score (nSPS) is 18.3. The Hall–Kier alpha value is -1.84. The predicted molar refractivity (Wildman–Crippen MR) is 107 cm³/mol. The van der Waals surface area contributed by atoms with Crippen LogP contribution in [0.1, 0.15) is 73.1 Å². The molecule has 0 heterocycles. The predicted octanol–water partition coefficient (Wildman–Crippen LogP) is 4.73. The van der Waals surface area contributed by atoms with Crippen LogP contribution >= 0.6 is 0 Å². The number of nitrogens with one attached hydrogen (secondary N) is 2. The van der Waals surface area contributed by atoms with Crippen LogP contribution in [0.5, 0.6) is 0 Å². The van der Waals surface area contributed by atoms with Gasteiger partial charge in [-0.25, -0.2) is 0 Å². The largest absolute Gasteiger partial charge is 0.377 e. The first-order valence-corrected chi connectivity index (χ1v) is 9.63. The van der Waals surface area contributed by atoms with Gasteiger partial charge in [0.25, 0.3) is 10.9 Å². The van der Waals surface area contributed by atoms with Crippen LogP contribution in [0.3, 0.4) is 0 Å². The Labute approximate surface area is 151 Å². The van der Waals surface area contributed by atoms with E-state index in [1.807, 2.05) is 19.9 Å². The minimum Gasteiger partial charge on any atom is -0.377 e. The molecule has 3 rings (SSSR count). The van der Waals surface area contributed by atoms with E-state index in [0.717, 1.165) is 31.4 Å². The van der Waals surface area contributed by atoms with Crippen LogP contribution in [0, 0.1) is 5.41 Å². The first kappa shape index (κ1) is 19.5. The smallest absolute Gasteiger partial charge is 0.253 e. The van der Waals surface area contributed by atoms with Gasteiger partial charge in [0.1, 0.15) is 11.4 Å². The van der Waals surface area contributed by atoms with E-state index < -0.39 is 5.43 Å². The SMILES string of the molecule is CC.CC(C)(C)C1=CC=C(Nc2c(NC3CCCC3)c(=O)c2=O)CC1. The fourth-order valence-corrected chi connectivity index (χ4v) is 3.45. The Morgan fingerprint density at radius 1 is 0.920 bits per heavy atom. The van der Waals surface area contributed by atoms with Crippen molar-refractivity contribution < 1.29 is 0 Å². The summed E-state index contributed by atoms with van der Waals surface area (Å²) in [5, 5.41) is 6.47. The average Bonchev–Trinajstić information content (AvgIpc) is 3.12. The second kappa shape index (κ2) is 8.03. The van der Waals surface area contributed by atoms with Gasteiger partial charge < -0.3 is 10.6 Å². The number of rotatable bonds is 4. The van der Waals surface area contributed by atoms with Gasteiger partial charge in [0.05, 0.1) is 0 Å². The molecule has 0 bridgehead atoms. The maximum atomic E-state index is 11.9.